The van der Waals surface area contributed by atoms with E-state index in [2.05, 4.69) is 16.3 Å². The minimum atomic E-state index is -0.432. The van der Waals surface area contributed by atoms with Gasteiger partial charge in [0.1, 0.15) is 6.10 Å². The number of anilines is 1. The van der Waals surface area contributed by atoms with Crippen LogP contribution in [0.5, 0.6) is 5.75 Å². The Labute approximate surface area is 138 Å². The van der Waals surface area contributed by atoms with Crippen molar-refractivity contribution < 1.29 is 14.4 Å². The predicted octanol–water partition coefficient (Wildman–Crippen LogP) is 3.63. The molecule has 0 bridgehead atoms. The van der Waals surface area contributed by atoms with E-state index in [1.54, 1.807) is 23.5 Å². The van der Waals surface area contributed by atoms with Gasteiger partial charge in [0.05, 0.1) is 18.1 Å². The third-order valence-electron chi connectivity index (χ3n) is 3.90. The molecule has 2 unspecified atom stereocenters. The molecule has 1 aromatic heterocycles. The normalized spacial score (nSPS) is 21.2. The Morgan fingerprint density at radius 3 is 2.87 bits per heavy atom. The maximum atomic E-state index is 11.0. The molecule has 1 aliphatic heterocycles. The zero-order valence-corrected chi connectivity index (χ0v) is 13.8. The number of nitro benzene ring substituents is 1. The smallest absolute Gasteiger partial charge is 0.311 e. The zero-order chi connectivity index (χ0) is 16.4. The number of rotatable bonds is 4. The molecule has 6 nitrogen and oxygen atoms in total. The second-order valence-corrected chi connectivity index (χ2v) is 6.29. The summed E-state index contributed by atoms with van der Waals surface area (Å²) in [6, 6.07) is 7.06. The van der Waals surface area contributed by atoms with Gasteiger partial charge in [-0.2, -0.15) is 11.3 Å². The van der Waals surface area contributed by atoms with Gasteiger partial charge in [-0.1, -0.05) is 0 Å². The van der Waals surface area contributed by atoms with Crippen LogP contribution < -0.4 is 9.64 Å². The maximum Gasteiger partial charge on any atom is 0.311 e. The SMILES string of the molecule is COc1cc(N2CC(C)OC(c3ccsc3)C2)ccc1[N+](=O)[O-]. The Morgan fingerprint density at radius 1 is 1.39 bits per heavy atom. The third kappa shape index (κ3) is 3.30. The van der Waals surface area contributed by atoms with Crippen molar-refractivity contribution in [3.63, 3.8) is 0 Å². The molecule has 0 N–H and O–H groups in total. The minimum absolute atomic E-state index is 0.00573. The standard InChI is InChI=1S/C16H18N2O4S/c1-11-8-17(9-16(22-11)12-5-6-23-10-12)13-3-4-14(18(19)20)15(7-13)21-2/h3-7,10-11,16H,8-9H2,1-2H3. The number of benzene rings is 1. The van der Waals surface area contributed by atoms with Crippen LogP contribution in [-0.4, -0.2) is 31.2 Å². The monoisotopic (exact) mass is 334 g/mol. The maximum absolute atomic E-state index is 11.0. The Balaban J connectivity index is 1.87. The van der Waals surface area contributed by atoms with Crippen molar-refractivity contribution in [3.8, 4) is 5.75 Å². The number of methoxy groups -OCH3 is 1. The van der Waals surface area contributed by atoms with Gasteiger partial charge in [-0.05, 0) is 35.4 Å². The number of ether oxygens (including phenoxy) is 2. The highest BCUT2D eigenvalue weighted by Crippen LogP contribution is 2.34. The van der Waals surface area contributed by atoms with Crippen molar-refractivity contribution in [3.05, 3.63) is 50.7 Å². The van der Waals surface area contributed by atoms with Gasteiger partial charge >= 0.3 is 5.69 Å². The molecule has 0 aliphatic carbocycles. The Kier molecular flexibility index (Phi) is 4.49. The molecular formula is C16H18N2O4S. The van der Waals surface area contributed by atoms with E-state index in [1.165, 1.54) is 18.7 Å². The highest BCUT2D eigenvalue weighted by Gasteiger charge is 2.28. The van der Waals surface area contributed by atoms with Crippen molar-refractivity contribution in [1.29, 1.82) is 0 Å². The van der Waals surface area contributed by atoms with Crippen LogP contribution in [0, 0.1) is 10.1 Å². The first-order valence-corrected chi connectivity index (χ1v) is 8.27. The molecule has 0 spiro atoms. The summed E-state index contributed by atoms with van der Waals surface area (Å²) in [7, 11) is 1.45. The number of nitro groups is 1. The lowest BCUT2D eigenvalue weighted by Crippen LogP contribution is -2.42. The molecule has 0 saturated carbocycles. The summed E-state index contributed by atoms with van der Waals surface area (Å²) in [5.74, 6) is 0.277. The predicted molar refractivity (Wildman–Crippen MR) is 89.5 cm³/mol. The molecular weight excluding hydrogens is 316 g/mol. The number of hydrogen-bond acceptors (Lipinski definition) is 6. The van der Waals surface area contributed by atoms with Gasteiger partial charge in [-0.15, -0.1) is 0 Å². The van der Waals surface area contributed by atoms with E-state index >= 15 is 0 Å². The molecule has 7 heteroatoms. The first kappa shape index (κ1) is 15.8. The molecule has 1 aliphatic rings. The Hall–Kier alpha value is -2.12. The molecule has 0 radical (unpaired) electrons. The van der Waals surface area contributed by atoms with E-state index < -0.39 is 4.92 Å². The van der Waals surface area contributed by atoms with Crippen LogP contribution in [-0.2, 0) is 4.74 Å². The summed E-state index contributed by atoms with van der Waals surface area (Å²) in [6.07, 6.45) is 0.0843. The molecule has 1 fully saturated rings. The van der Waals surface area contributed by atoms with Gasteiger partial charge in [0.15, 0.2) is 5.75 Å². The summed E-state index contributed by atoms with van der Waals surface area (Å²) in [4.78, 5) is 12.8. The minimum Gasteiger partial charge on any atom is -0.490 e. The van der Waals surface area contributed by atoms with Crippen molar-refractivity contribution >= 4 is 22.7 Å². The molecule has 0 amide bonds. The largest absolute Gasteiger partial charge is 0.490 e. The van der Waals surface area contributed by atoms with Crippen LogP contribution in [0.15, 0.2) is 35.0 Å². The average Bonchev–Trinajstić information content (AvgIpc) is 3.08. The van der Waals surface area contributed by atoms with Crippen molar-refractivity contribution in [1.82, 2.24) is 0 Å². The van der Waals surface area contributed by atoms with E-state index in [0.717, 1.165) is 12.2 Å². The number of nitrogens with zero attached hydrogens (tertiary/aromatic N) is 2. The fourth-order valence-electron chi connectivity index (χ4n) is 2.82. The summed E-state index contributed by atoms with van der Waals surface area (Å²) < 4.78 is 11.2. The lowest BCUT2D eigenvalue weighted by Gasteiger charge is -2.38. The Morgan fingerprint density at radius 2 is 2.22 bits per heavy atom. The summed E-state index contributed by atoms with van der Waals surface area (Å²) in [5, 5.41) is 15.2. The quantitative estimate of drug-likeness (QED) is 0.631. The molecule has 2 aromatic rings. The molecule has 2 atom stereocenters. The van der Waals surface area contributed by atoms with Crippen LogP contribution in [0.25, 0.3) is 0 Å². The van der Waals surface area contributed by atoms with Crippen LogP contribution >= 0.6 is 11.3 Å². The lowest BCUT2D eigenvalue weighted by atomic mass is 10.1. The zero-order valence-electron chi connectivity index (χ0n) is 13.0. The number of hydrogen-bond donors (Lipinski definition) is 0. The average molecular weight is 334 g/mol. The highest BCUT2D eigenvalue weighted by molar-refractivity contribution is 7.07. The summed E-state index contributed by atoms with van der Waals surface area (Å²) in [5.41, 5.74) is 2.05. The first-order valence-electron chi connectivity index (χ1n) is 7.33. The van der Waals surface area contributed by atoms with Gasteiger partial charge in [0.25, 0.3) is 0 Å². The van der Waals surface area contributed by atoms with Gasteiger partial charge < -0.3 is 14.4 Å². The van der Waals surface area contributed by atoms with E-state index in [9.17, 15) is 10.1 Å². The van der Waals surface area contributed by atoms with Crippen LogP contribution in [0.3, 0.4) is 0 Å². The van der Waals surface area contributed by atoms with Gasteiger partial charge in [-0.25, -0.2) is 0 Å². The van der Waals surface area contributed by atoms with Crippen molar-refractivity contribution in [2.45, 2.75) is 19.1 Å². The molecule has 23 heavy (non-hydrogen) atoms. The van der Waals surface area contributed by atoms with Crippen molar-refractivity contribution in [2.75, 3.05) is 25.1 Å². The number of thiophene rings is 1. The van der Waals surface area contributed by atoms with E-state index in [1.807, 2.05) is 12.3 Å². The van der Waals surface area contributed by atoms with Gasteiger partial charge in [-0.3, -0.25) is 10.1 Å². The highest BCUT2D eigenvalue weighted by atomic mass is 32.1. The fourth-order valence-corrected chi connectivity index (χ4v) is 3.52. The van der Waals surface area contributed by atoms with Crippen LogP contribution in [0.2, 0.25) is 0 Å². The summed E-state index contributed by atoms with van der Waals surface area (Å²) in [6.45, 7) is 3.48. The van der Waals surface area contributed by atoms with E-state index in [4.69, 9.17) is 9.47 Å². The second-order valence-electron chi connectivity index (χ2n) is 5.51. The summed E-state index contributed by atoms with van der Waals surface area (Å²) >= 11 is 1.65. The van der Waals surface area contributed by atoms with Gasteiger partial charge in [0, 0.05) is 30.9 Å². The first-order chi connectivity index (χ1) is 11.1. The third-order valence-corrected chi connectivity index (χ3v) is 4.60. The van der Waals surface area contributed by atoms with Gasteiger partial charge in [0.2, 0.25) is 0 Å². The van der Waals surface area contributed by atoms with Crippen molar-refractivity contribution in [2.24, 2.45) is 0 Å². The molecule has 3 rings (SSSR count). The lowest BCUT2D eigenvalue weighted by molar-refractivity contribution is -0.385. The number of morpholine rings is 1. The molecule has 2 heterocycles. The Bertz CT molecular complexity index is 689. The molecule has 122 valence electrons. The van der Waals surface area contributed by atoms with E-state index in [-0.39, 0.29) is 23.6 Å². The van der Waals surface area contributed by atoms with Crippen LogP contribution in [0.4, 0.5) is 11.4 Å². The molecule has 1 saturated heterocycles. The topological polar surface area (TPSA) is 64.8 Å². The van der Waals surface area contributed by atoms with Crippen LogP contribution in [0.1, 0.15) is 18.6 Å². The molecule has 1 aromatic carbocycles. The van der Waals surface area contributed by atoms with E-state index in [0.29, 0.717) is 6.54 Å². The second kappa shape index (κ2) is 6.55. The fraction of sp³-hybridized carbons (Fsp3) is 0.375.